The van der Waals surface area contributed by atoms with Gasteiger partial charge >= 0.3 is 0 Å². The second-order valence-electron chi connectivity index (χ2n) is 9.18. The van der Waals surface area contributed by atoms with E-state index in [1.54, 1.807) is 0 Å². The zero-order chi connectivity index (χ0) is 18.1. The third-order valence-corrected chi connectivity index (χ3v) is 7.59. The van der Waals surface area contributed by atoms with Crippen LogP contribution < -0.4 is 5.73 Å². The summed E-state index contributed by atoms with van der Waals surface area (Å²) in [4.78, 5) is 29.9. The molecule has 2 atom stereocenters. The van der Waals surface area contributed by atoms with Crippen molar-refractivity contribution in [3.8, 4) is 0 Å². The monoisotopic (exact) mass is 361 g/mol. The van der Waals surface area contributed by atoms with Crippen LogP contribution >= 0.6 is 0 Å². The first kappa shape index (κ1) is 18.3. The number of rotatable bonds is 2. The van der Waals surface area contributed by atoms with E-state index < -0.39 is 0 Å². The van der Waals surface area contributed by atoms with Crippen LogP contribution in [0, 0.1) is 23.7 Å². The van der Waals surface area contributed by atoms with Crippen molar-refractivity contribution < 1.29 is 9.59 Å². The van der Waals surface area contributed by atoms with E-state index in [2.05, 4.69) is 9.80 Å². The Labute approximate surface area is 157 Å². The third kappa shape index (κ3) is 3.64. The molecule has 2 bridgehead atoms. The molecule has 5 nitrogen and oxygen atoms in total. The average molecular weight is 362 g/mol. The van der Waals surface area contributed by atoms with Gasteiger partial charge in [-0.15, -0.1) is 0 Å². The zero-order valence-corrected chi connectivity index (χ0v) is 16.1. The fraction of sp³-hybridized carbons (Fsp3) is 0.905. The molecule has 26 heavy (non-hydrogen) atoms. The molecular formula is C21H35N3O2. The van der Waals surface area contributed by atoms with Gasteiger partial charge in [0, 0.05) is 44.1 Å². The normalized spacial score (nSPS) is 36.0. The fourth-order valence-electron chi connectivity index (χ4n) is 5.97. The highest BCUT2D eigenvalue weighted by Gasteiger charge is 2.42. The second kappa shape index (κ2) is 7.87. The summed E-state index contributed by atoms with van der Waals surface area (Å²) < 4.78 is 0. The number of carbonyl (C=O) groups is 2. The molecule has 4 rings (SSSR count). The molecule has 0 aromatic carbocycles. The van der Waals surface area contributed by atoms with E-state index in [9.17, 15) is 9.59 Å². The van der Waals surface area contributed by atoms with Gasteiger partial charge < -0.3 is 15.5 Å². The quantitative estimate of drug-likeness (QED) is 0.821. The van der Waals surface area contributed by atoms with E-state index in [1.165, 1.54) is 25.7 Å². The maximum Gasteiger partial charge on any atom is 0.225 e. The van der Waals surface area contributed by atoms with Crippen LogP contribution in [-0.2, 0) is 9.59 Å². The Bertz CT molecular complexity index is 509. The lowest BCUT2D eigenvalue weighted by Gasteiger charge is -2.45. The van der Waals surface area contributed by atoms with Crippen LogP contribution in [0.5, 0.6) is 0 Å². The van der Waals surface area contributed by atoms with E-state index in [4.69, 9.17) is 5.73 Å². The standard InChI is InChI=1S/C21H35N3O2/c22-19-16-5-4-6-17(19)14-18(13-16)21(26)24-11-7-15(8-12-24)20(25)23-9-2-1-3-10-23/h15-19H,1-14,22H2. The average Bonchev–Trinajstić information content (AvgIpc) is 2.67. The molecule has 146 valence electrons. The van der Waals surface area contributed by atoms with E-state index >= 15 is 0 Å². The number of carbonyl (C=O) groups excluding carboxylic acids is 2. The summed E-state index contributed by atoms with van der Waals surface area (Å²) in [7, 11) is 0. The van der Waals surface area contributed by atoms with Crippen molar-refractivity contribution >= 4 is 11.8 Å². The van der Waals surface area contributed by atoms with Crippen LogP contribution in [0.1, 0.15) is 64.2 Å². The fourth-order valence-corrected chi connectivity index (χ4v) is 5.97. The summed E-state index contributed by atoms with van der Waals surface area (Å²) in [5, 5.41) is 0. The molecule has 2 aliphatic heterocycles. The van der Waals surface area contributed by atoms with Gasteiger partial charge in [-0.05, 0) is 69.6 Å². The predicted octanol–water partition coefficient (Wildman–Crippen LogP) is 2.39. The molecule has 4 fully saturated rings. The molecule has 2 saturated carbocycles. The number of likely N-dealkylation sites (tertiary alicyclic amines) is 2. The van der Waals surface area contributed by atoms with Gasteiger partial charge in [0.05, 0.1) is 0 Å². The van der Waals surface area contributed by atoms with E-state index in [0.717, 1.165) is 64.7 Å². The molecule has 2 unspecified atom stereocenters. The van der Waals surface area contributed by atoms with Gasteiger partial charge in [-0.1, -0.05) is 6.42 Å². The first-order chi connectivity index (χ1) is 12.6. The van der Waals surface area contributed by atoms with Crippen LogP contribution in [-0.4, -0.2) is 53.8 Å². The highest BCUT2D eigenvalue weighted by atomic mass is 16.2. The molecule has 0 aromatic rings. The van der Waals surface area contributed by atoms with E-state index in [-0.39, 0.29) is 11.8 Å². The molecule has 2 saturated heterocycles. The first-order valence-electron chi connectivity index (χ1n) is 11.0. The number of fused-ring (bicyclic) bond motifs is 2. The van der Waals surface area contributed by atoms with Gasteiger partial charge in [0.25, 0.3) is 0 Å². The summed E-state index contributed by atoms with van der Waals surface area (Å²) in [6, 6.07) is 0.320. The highest BCUT2D eigenvalue weighted by Crippen LogP contribution is 2.42. The molecular weight excluding hydrogens is 326 g/mol. The summed E-state index contributed by atoms with van der Waals surface area (Å²) in [5.74, 6) is 2.10. The molecule has 0 aromatic heterocycles. The number of amides is 2. The van der Waals surface area contributed by atoms with Crippen LogP contribution in [0.4, 0.5) is 0 Å². The van der Waals surface area contributed by atoms with Gasteiger partial charge in [0.2, 0.25) is 11.8 Å². The SMILES string of the molecule is NC1C2CCCC1CC(C(=O)N1CCC(C(=O)N3CCCCC3)CC1)C2. The summed E-state index contributed by atoms with van der Waals surface area (Å²) >= 11 is 0. The highest BCUT2D eigenvalue weighted by molar-refractivity contribution is 5.81. The molecule has 0 radical (unpaired) electrons. The van der Waals surface area contributed by atoms with Crippen LogP contribution in [0.15, 0.2) is 0 Å². The van der Waals surface area contributed by atoms with Crippen molar-refractivity contribution in [3.63, 3.8) is 0 Å². The second-order valence-corrected chi connectivity index (χ2v) is 9.18. The number of nitrogens with zero attached hydrogens (tertiary/aromatic N) is 2. The molecule has 4 aliphatic rings. The molecule has 2 heterocycles. The van der Waals surface area contributed by atoms with Gasteiger partial charge in [0.1, 0.15) is 0 Å². The Morgan fingerprint density at radius 2 is 1.19 bits per heavy atom. The minimum atomic E-state index is 0.135. The van der Waals surface area contributed by atoms with Gasteiger partial charge in [-0.25, -0.2) is 0 Å². The van der Waals surface area contributed by atoms with E-state index in [0.29, 0.717) is 29.7 Å². The Morgan fingerprint density at radius 1 is 0.654 bits per heavy atom. The number of hydrogen-bond donors (Lipinski definition) is 1. The lowest BCUT2D eigenvalue weighted by Crippen LogP contribution is -2.51. The first-order valence-corrected chi connectivity index (χ1v) is 11.0. The van der Waals surface area contributed by atoms with Crippen molar-refractivity contribution in [1.82, 2.24) is 9.80 Å². The topological polar surface area (TPSA) is 66.6 Å². The Kier molecular flexibility index (Phi) is 5.53. The lowest BCUT2D eigenvalue weighted by atomic mass is 9.65. The van der Waals surface area contributed by atoms with Crippen molar-refractivity contribution in [1.29, 1.82) is 0 Å². The lowest BCUT2D eigenvalue weighted by molar-refractivity contribution is -0.144. The maximum atomic E-state index is 13.1. The zero-order valence-electron chi connectivity index (χ0n) is 16.1. The molecule has 0 spiro atoms. The summed E-state index contributed by atoms with van der Waals surface area (Å²) in [6.45, 7) is 3.40. The van der Waals surface area contributed by atoms with Crippen molar-refractivity contribution in [2.45, 2.75) is 70.3 Å². The number of piperidine rings is 2. The molecule has 5 heteroatoms. The van der Waals surface area contributed by atoms with Gasteiger partial charge in [-0.3, -0.25) is 9.59 Å². The van der Waals surface area contributed by atoms with E-state index in [1.807, 2.05) is 0 Å². The molecule has 2 aliphatic carbocycles. The third-order valence-electron chi connectivity index (χ3n) is 7.59. The van der Waals surface area contributed by atoms with Crippen LogP contribution in [0.2, 0.25) is 0 Å². The largest absolute Gasteiger partial charge is 0.342 e. The summed E-state index contributed by atoms with van der Waals surface area (Å²) in [5.41, 5.74) is 6.38. The van der Waals surface area contributed by atoms with Crippen molar-refractivity contribution in [2.24, 2.45) is 29.4 Å². The van der Waals surface area contributed by atoms with Gasteiger partial charge in [0.15, 0.2) is 0 Å². The Balaban J connectivity index is 1.29. The Morgan fingerprint density at radius 3 is 1.81 bits per heavy atom. The number of hydrogen-bond acceptors (Lipinski definition) is 3. The minimum Gasteiger partial charge on any atom is -0.342 e. The maximum absolute atomic E-state index is 13.1. The predicted molar refractivity (Wildman–Crippen MR) is 101 cm³/mol. The van der Waals surface area contributed by atoms with Gasteiger partial charge in [-0.2, -0.15) is 0 Å². The van der Waals surface area contributed by atoms with Crippen LogP contribution in [0.25, 0.3) is 0 Å². The minimum absolute atomic E-state index is 0.135. The molecule has 2 N–H and O–H groups in total. The van der Waals surface area contributed by atoms with Crippen LogP contribution in [0.3, 0.4) is 0 Å². The number of nitrogens with two attached hydrogens (primary N) is 1. The van der Waals surface area contributed by atoms with Crippen molar-refractivity contribution in [3.05, 3.63) is 0 Å². The molecule has 2 amide bonds. The summed E-state index contributed by atoms with van der Waals surface area (Å²) in [6.07, 6.45) is 10.9. The Hall–Kier alpha value is -1.10. The van der Waals surface area contributed by atoms with Crippen molar-refractivity contribution in [2.75, 3.05) is 26.2 Å². The smallest absolute Gasteiger partial charge is 0.225 e.